The largest absolute Gasteiger partial charge is 0.493 e. The van der Waals surface area contributed by atoms with Crippen molar-refractivity contribution in [3.05, 3.63) is 47.9 Å². The molecule has 3 rings (SSSR count). The summed E-state index contributed by atoms with van der Waals surface area (Å²) in [6.45, 7) is 3.69. The second-order valence-corrected chi connectivity index (χ2v) is 6.12. The third-order valence-electron chi connectivity index (χ3n) is 4.63. The molecule has 0 radical (unpaired) electrons. The van der Waals surface area contributed by atoms with Gasteiger partial charge in [0.05, 0.1) is 40.2 Å². The Kier molecular flexibility index (Phi) is 6.14. The van der Waals surface area contributed by atoms with Crippen LogP contribution in [0.1, 0.15) is 22.2 Å². The monoisotopic (exact) mass is 361 g/mol. The number of furan rings is 1. The molecule has 0 unspecified atom stereocenters. The van der Waals surface area contributed by atoms with E-state index in [1.165, 1.54) is 4.90 Å². The zero-order valence-electron chi connectivity index (χ0n) is 15.1. The molecular weight excluding hydrogens is 336 g/mol. The zero-order valence-corrected chi connectivity index (χ0v) is 15.1. The van der Waals surface area contributed by atoms with Crippen LogP contribution < -0.4 is 19.7 Å². The number of amides is 1. The van der Waals surface area contributed by atoms with E-state index in [1.54, 1.807) is 38.7 Å². The Morgan fingerprint density at radius 2 is 1.96 bits per heavy atom. The van der Waals surface area contributed by atoms with Crippen molar-refractivity contribution in [1.29, 1.82) is 0 Å². The van der Waals surface area contributed by atoms with E-state index in [4.69, 9.17) is 18.6 Å². The topological polar surface area (TPSA) is 74.4 Å². The average Bonchev–Trinajstić information content (AvgIpc) is 3.22. The quantitative estimate of drug-likeness (QED) is 0.759. The highest BCUT2D eigenvalue weighted by Crippen LogP contribution is 2.27. The second-order valence-electron chi connectivity index (χ2n) is 6.12. The van der Waals surface area contributed by atoms with Crippen molar-refractivity contribution in [3.63, 3.8) is 0 Å². The van der Waals surface area contributed by atoms with Crippen molar-refractivity contribution in [2.24, 2.45) is 0 Å². The number of ether oxygens (including phenoxy) is 3. The van der Waals surface area contributed by atoms with Crippen molar-refractivity contribution in [1.82, 2.24) is 5.32 Å². The summed E-state index contributed by atoms with van der Waals surface area (Å²) in [7, 11) is 3.12. The van der Waals surface area contributed by atoms with E-state index in [0.717, 1.165) is 32.1 Å². The van der Waals surface area contributed by atoms with Crippen molar-refractivity contribution in [2.45, 2.75) is 6.04 Å². The van der Waals surface area contributed by atoms with Gasteiger partial charge in [0.25, 0.3) is 5.91 Å². The number of hydrogen-bond acceptors (Lipinski definition) is 5. The maximum Gasteiger partial charge on any atom is 0.251 e. The first kappa shape index (κ1) is 18.3. The predicted molar refractivity (Wildman–Crippen MR) is 94.8 cm³/mol. The smallest absolute Gasteiger partial charge is 0.251 e. The Labute approximate surface area is 152 Å². The number of carbonyl (C=O) groups excluding carboxylic acids is 1. The number of benzene rings is 1. The summed E-state index contributed by atoms with van der Waals surface area (Å²) in [6.07, 6.45) is 1.67. The average molecular weight is 361 g/mol. The molecule has 0 aliphatic carbocycles. The first-order valence-electron chi connectivity index (χ1n) is 8.69. The molecular formula is C19H25N2O5+. The SMILES string of the molecule is COc1ccc(C(=O)NC[C@@H](c2ccco2)[NH+]2CCOCC2)cc1OC. The van der Waals surface area contributed by atoms with Gasteiger partial charge in [-0.15, -0.1) is 0 Å². The molecule has 2 aromatic rings. The number of rotatable bonds is 7. The van der Waals surface area contributed by atoms with Crippen LogP contribution in [0.4, 0.5) is 0 Å². The number of nitrogens with one attached hydrogen (secondary N) is 2. The van der Waals surface area contributed by atoms with E-state index < -0.39 is 0 Å². The van der Waals surface area contributed by atoms with Gasteiger partial charge < -0.3 is 28.8 Å². The molecule has 1 aliphatic rings. The standard InChI is InChI=1S/C19H24N2O5/c1-23-17-6-5-14(12-18(17)24-2)19(22)20-13-15(16-4-3-9-26-16)21-7-10-25-11-8-21/h3-6,9,12,15H,7-8,10-11,13H2,1-2H3,(H,20,22)/p+1/t15-/m0/s1. The van der Waals surface area contributed by atoms with Gasteiger partial charge in [-0.25, -0.2) is 0 Å². The van der Waals surface area contributed by atoms with E-state index in [9.17, 15) is 4.79 Å². The van der Waals surface area contributed by atoms with Gasteiger partial charge in [0, 0.05) is 5.56 Å². The minimum absolute atomic E-state index is 0.0537. The summed E-state index contributed by atoms with van der Waals surface area (Å²) >= 11 is 0. The van der Waals surface area contributed by atoms with Crippen LogP contribution in [-0.4, -0.2) is 53.0 Å². The minimum atomic E-state index is -0.157. The maximum atomic E-state index is 12.6. The van der Waals surface area contributed by atoms with Gasteiger partial charge in [-0.2, -0.15) is 0 Å². The van der Waals surface area contributed by atoms with E-state index in [0.29, 0.717) is 23.6 Å². The van der Waals surface area contributed by atoms with E-state index in [1.807, 2.05) is 12.1 Å². The number of morpholine rings is 1. The van der Waals surface area contributed by atoms with Crippen molar-refractivity contribution in [2.75, 3.05) is 47.1 Å². The van der Waals surface area contributed by atoms with Crippen LogP contribution in [0, 0.1) is 0 Å². The Morgan fingerprint density at radius 3 is 2.62 bits per heavy atom. The zero-order chi connectivity index (χ0) is 18.4. The Balaban J connectivity index is 1.69. The van der Waals surface area contributed by atoms with Crippen LogP contribution in [0.15, 0.2) is 41.0 Å². The molecule has 1 saturated heterocycles. The van der Waals surface area contributed by atoms with Gasteiger partial charge in [-0.05, 0) is 30.3 Å². The molecule has 1 fully saturated rings. The molecule has 1 aliphatic heterocycles. The van der Waals surface area contributed by atoms with Gasteiger partial charge in [0.1, 0.15) is 13.1 Å². The van der Waals surface area contributed by atoms with Crippen LogP contribution in [0.2, 0.25) is 0 Å². The van der Waals surface area contributed by atoms with Crippen LogP contribution in [0.5, 0.6) is 11.5 Å². The summed E-state index contributed by atoms with van der Waals surface area (Å²) in [6, 6.07) is 9.01. The van der Waals surface area contributed by atoms with E-state index >= 15 is 0 Å². The Morgan fingerprint density at radius 1 is 1.19 bits per heavy atom. The molecule has 0 saturated carbocycles. The Hall–Kier alpha value is -2.51. The van der Waals surface area contributed by atoms with Gasteiger partial charge >= 0.3 is 0 Å². The molecule has 1 atom stereocenters. The van der Waals surface area contributed by atoms with Crippen LogP contribution in [0.3, 0.4) is 0 Å². The molecule has 7 heteroatoms. The van der Waals surface area contributed by atoms with E-state index in [2.05, 4.69) is 5.32 Å². The lowest BCUT2D eigenvalue weighted by Crippen LogP contribution is -3.15. The fraction of sp³-hybridized carbons (Fsp3) is 0.421. The molecule has 1 amide bonds. The summed E-state index contributed by atoms with van der Waals surface area (Å²) in [5.41, 5.74) is 0.526. The number of hydrogen-bond donors (Lipinski definition) is 2. The fourth-order valence-corrected chi connectivity index (χ4v) is 3.19. The van der Waals surface area contributed by atoms with Gasteiger partial charge in [-0.3, -0.25) is 4.79 Å². The summed E-state index contributed by atoms with van der Waals surface area (Å²) in [5.74, 6) is 1.83. The minimum Gasteiger partial charge on any atom is -0.493 e. The first-order valence-corrected chi connectivity index (χ1v) is 8.69. The molecule has 2 N–H and O–H groups in total. The number of quaternary nitrogens is 1. The maximum absolute atomic E-state index is 12.6. The molecule has 2 heterocycles. The lowest BCUT2D eigenvalue weighted by molar-refractivity contribution is -0.938. The third kappa shape index (κ3) is 4.17. The summed E-state index contributed by atoms with van der Waals surface area (Å²) in [4.78, 5) is 13.9. The predicted octanol–water partition coefficient (Wildman–Crippen LogP) is 0.683. The fourth-order valence-electron chi connectivity index (χ4n) is 3.19. The molecule has 0 spiro atoms. The van der Waals surface area contributed by atoms with Crippen molar-refractivity contribution in [3.8, 4) is 11.5 Å². The Bertz CT molecular complexity index is 711. The molecule has 26 heavy (non-hydrogen) atoms. The highest BCUT2D eigenvalue weighted by atomic mass is 16.5. The van der Waals surface area contributed by atoms with Crippen molar-refractivity contribution >= 4 is 5.91 Å². The van der Waals surface area contributed by atoms with Crippen LogP contribution >= 0.6 is 0 Å². The summed E-state index contributed by atoms with van der Waals surface area (Å²) < 4.78 is 21.5. The normalized spacial score (nSPS) is 16.1. The number of carbonyl (C=O) groups is 1. The molecule has 1 aromatic carbocycles. The lowest BCUT2D eigenvalue weighted by Gasteiger charge is -2.30. The molecule has 0 bridgehead atoms. The number of methoxy groups -OCH3 is 2. The molecule has 7 nitrogen and oxygen atoms in total. The second kappa shape index (κ2) is 8.73. The van der Waals surface area contributed by atoms with Crippen LogP contribution in [0.25, 0.3) is 0 Å². The highest BCUT2D eigenvalue weighted by molar-refractivity contribution is 5.94. The lowest BCUT2D eigenvalue weighted by atomic mass is 10.1. The molecule has 140 valence electrons. The van der Waals surface area contributed by atoms with E-state index in [-0.39, 0.29) is 11.9 Å². The summed E-state index contributed by atoms with van der Waals surface area (Å²) in [5, 5.41) is 3.02. The third-order valence-corrected chi connectivity index (χ3v) is 4.63. The first-order chi connectivity index (χ1) is 12.7. The van der Waals surface area contributed by atoms with Gasteiger partial charge in [0.15, 0.2) is 23.3 Å². The van der Waals surface area contributed by atoms with Gasteiger partial charge in [0.2, 0.25) is 0 Å². The molecule has 1 aromatic heterocycles. The van der Waals surface area contributed by atoms with Crippen molar-refractivity contribution < 1.29 is 28.3 Å². The van der Waals surface area contributed by atoms with Gasteiger partial charge in [-0.1, -0.05) is 0 Å². The highest BCUT2D eigenvalue weighted by Gasteiger charge is 2.29. The van der Waals surface area contributed by atoms with Crippen LogP contribution in [-0.2, 0) is 4.74 Å².